The Kier molecular flexibility index (Phi) is 3.71. The van der Waals surface area contributed by atoms with Gasteiger partial charge in [-0.2, -0.15) is 5.10 Å². The van der Waals surface area contributed by atoms with Gasteiger partial charge in [0.2, 0.25) is 5.78 Å². The van der Waals surface area contributed by atoms with E-state index in [1.165, 1.54) is 0 Å². The molecule has 0 bridgehead atoms. The van der Waals surface area contributed by atoms with Crippen LogP contribution in [0.4, 0.5) is 0 Å². The van der Waals surface area contributed by atoms with Crippen molar-refractivity contribution >= 4 is 21.7 Å². The summed E-state index contributed by atoms with van der Waals surface area (Å²) in [7, 11) is 0. The van der Waals surface area contributed by atoms with Crippen LogP contribution in [0.2, 0.25) is 0 Å². The molecule has 3 nitrogen and oxygen atoms in total. The molecule has 1 heterocycles. The Balaban J connectivity index is 2.08. The molecule has 3 aromatic rings. The van der Waals surface area contributed by atoms with Gasteiger partial charge in [-0.3, -0.25) is 4.79 Å². The molecule has 104 valence electrons. The molecule has 0 amide bonds. The lowest BCUT2D eigenvalue weighted by atomic mass is 10.1. The highest BCUT2D eigenvalue weighted by Crippen LogP contribution is 2.24. The Labute approximate surface area is 131 Å². The van der Waals surface area contributed by atoms with Crippen molar-refractivity contribution in [2.45, 2.75) is 6.92 Å². The summed E-state index contributed by atoms with van der Waals surface area (Å²) in [5.74, 6) is -0.0491. The van der Waals surface area contributed by atoms with Crippen LogP contribution >= 0.6 is 15.9 Å². The van der Waals surface area contributed by atoms with Gasteiger partial charge in [-0.25, -0.2) is 4.68 Å². The first kappa shape index (κ1) is 13.8. The molecule has 0 saturated carbocycles. The number of carbonyl (C=O) groups is 1. The van der Waals surface area contributed by atoms with Crippen LogP contribution in [0, 0.1) is 6.92 Å². The molecule has 0 spiro atoms. The van der Waals surface area contributed by atoms with Gasteiger partial charge in [0.15, 0.2) is 0 Å². The summed E-state index contributed by atoms with van der Waals surface area (Å²) in [6.45, 7) is 1.97. The SMILES string of the molecule is Cc1cccc(C(=O)c2ccnn2-c2ccccc2)c1Br. The first-order valence-corrected chi connectivity index (χ1v) is 7.37. The molecule has 0 aliphatic heterocycles. The summed E-state index contributed by atoms with van der Waals surface area (Å²) in [5.41, 5.74) is 3.10. The van der Waals surface area contributed by atoms with E-state index in [0.29, 0.717) is 11.3 Å². The number of halogens is 1. The van der Waals surface area contributed by atoms with E-state index in [2.05, 4.69) is 21.0 Å². The second kappa shape index (κ2) is 5.66. The Morgan fingerprint density at radius 2 is 1.81 bits per heavy atom. The van der Waals surface area contributed by atoms with Crippen molar-refractivity contribution < 1.29 is 4.79 Å². The van der Waals surface area contributed by atoms with Crippen LogP contribution in [0.3, 0.4) is 0 Å². The number of carbonyl (C=O) groups excluding carboxylic acids is 1. The number of nitrogens with zero attached hydrogens (tertiary/aromatic N) is 2. The zero-order chi connectivity index (χ0) is 14.8. The zero-order valence-electron chi connectivity index (χ0n) is 11.5. The summed E-state index contributed by atoms with van der Waals surface area (Å²) in [5, 5.41) is 4.27. The van der Waals surface area contributed by atoms with E-state index in [1.807, 2.05) is 55.5 Å². The average molecular weight is 341 g/mol. The molecule has 0 fully saturated rings. The Hall–Kier alpha value is -2.20. The Bertz CT molecular complexity index is 794. The van der Waals surface area contributed by atoms with Gasteiger partial charge in [0.05, 0.1) is 11.9 Å². The van der Waals surface area contributed by atoms with Crippen LogP contribution in [0.15, 0.2) is 65.3 Å². The van der Waals surface area contributed by atoms with Gasteiger partial charge in [-0.15, -0.1) is 0 Å². The first-order chi connectivity index (χ1) is 10.2. The number of ketones is 1. The molecule has 0 aliphatic rings. The number of hydrogen-bond donors (Lipinski definition) is 0. The van der Waals surface area contributed by atoms with Crippen molar-refractivity contribution in [3.05, 3.63) is 82.1 Å². The van der Waals surface area contributed by atoms with Crippen LogP contribution < -0.4 is 0 Å². The van der Waals surface area contributed by atoms with E-state index in [0.717, 1.165) is 15.7 Å². The number of para-hydroxylation sites is 1. The molecule has 0 aliphatic carbocycles. The standard InChI is InChI=1S/C17H13BrN2O/c1-12-6-5-9-14(16(12)18)17(21)15-10-11-19-20(15)13-7-3-2-4-8-13/h2-11H,1H3. The average Bonchev–Trinajstić information content (AvgIpc) is 3.00. The quantitative estimate of drug-likeness (QED) is 0.670. The van der Waals surface area contributed by atoms with Crippen LogP contribution in [-0.2, 0) is 0 Å². The third-order valence-electron chi connectivity index (χ3n) is 3.31. The van der Waals surface area contributed by atoms with Gasteiger partial charge < -0.3 is 0 Å². The molecular formula is C17H13BrN2O. The second-order valence-electron chi connectivity index (χ2n) is 4.73. The lowest BCUT2D eigenvalue weighted by molar-refractivity contribution is 0.103. The van der Waals surface area contributed by atoms with Gasteiger partial charge in [-0.05, 0) is 52.7 Å². The van der Waals surface area contributed by atoms with E-state index < -0.39 is 0 Å². The molecule has 21 heavy (non-hydrogen) atoms. The van der Waals surface area contributed by atoms with Crippen molar-refractivity contribution in [2.24, 2.45) is 0 Å². The molecule has 0 unspecified atom stereocenters. The fourth-order valence-corrected chi connectivity index (χ4v) is 2.66. The number of aromatic nitrogens is 2. The summed E-state index contributed by atoms with van der Waals surface area (Å²) in [6.07, 6.45) is 1.64. The summed E-state index contributed by atoms with van der Waals surface area (Å²) in [6, 6.07) is 17.1. The minimum Gasteiger partial charge on any atom is -0.287 e. The first-order valence-electron chi connectivity index (χ1n) is 6.58. The van der Waals surface area contributed by atoms with E-state index >= 15 is 0 Å². The zero-order valence-corrected chi connectivity index (χ0v) is 13.0. The lowest BCUT2D eigenvalue weighted by Gasteiger charge is -2.09. The monoisotopic (exact) mass is 340 g/mol. The van der Waals surface area contributed by atoms with Crippen molar-refractivity contribution in [3.8, 4) is 5.69 Å². The topological polar surface area (TPSA) is 34.9 Å². The minimum absolute atomic E-state index is 0.0491. The highest BCUT2D eigenvalue weighted by molar-refractivity contribution is 9.10. The van der Waals surface area contributed by atoms with Crippen molar-refractivity contribution in [1.82, 2.24) is 9.78 Å². The normalized spacial score (nSPS) is 10.6. The maximum Gasteiger partial charge on any atom is 0.212 e. The van der Waals surface area contributed by atoms with Crippen molar-refractivity contribution in [2.75, 3.05) is 0 Å². The fourth-order valence-electron chi connectivity index (χ4n) is 2.21. The Morgan fingerprint density at radius 1 is 1.05 bits per heavy atom. The maximum absolute atomic E-state index is 12.8. The molecule has 0 saturated heterocycles. The van der Waals surface area contributed by atoms with E-state index in [-0.39, 0.29) is 5.78 Å². The summed E-state index contributed by atoms with van der Waals surface area (Å²) < 4.78 is 2.49. The molecule has 4 heteroatoms. The van der Waals surface area contributed by atoms with E-state index in [9.17, 15) is 4.79 Å². The summed E-state index contributed by atoms with van der Waals surface area (Å²) >= 11 is 3.50. The second-order valence-corrected chi connectivity index (χ2v) is 5.52. The predicted octanol–water partition coefficient (Wildman–Crippen LogP) is 4.17. The van der Waals surface area contributed by atoms with Gasteiger partial charge in [-0.1, -0.05) is 30.3 Å². The molecule has 0 atom stereocenters. The number of rotatable bonds is 3. The van der Waals surface area contributed by atoms with Gasteiger partial charge in [0.1, 0.15) is 5.69 Å². The van der Waals surface area contributed by atoms with Crippen molar-refractivity contribution in [3.63, 3.8) is 0 Å². The minimum atomic E-state index is -0.0491. The number of aryl methyl sites for hydroxylation is 1. The van der Waals surface area contributed by atoms with Crippen LogP contribution in [-0.4, -0.2) is 15.6 Å². The maximum atomic E-state index is 12.8. The van der Waals surface area contributed by atoms with E-state index in [4.69, 9.17) is 0 Å². The lowest BCUT2D eigenvalue weighted by Crippen LogP contribution is -2.10. The Morgan fingerprint density at radius 3 is 2.57 bits per heavy atom. The van der Waals surface area contributed by atoms with Gasteiger partial charge in [0.25, 0.3) is 0 Å². The summed E-state index contributed by atoms with van der Waals surface area (Å²) in [4.78, 5) is 12.8. The number of hydrogen-bond acceptors (Lipinski definition) is 2. The highest BCUT2D eigenvalue weighted by atomic mass is 79.9. The number of benzene rings is 2. The molecule has 0 N–H and O–H groups in total. The van der Waals surface area contributed by atoms with Crippen LogP contribution in [0.25, 0.3) is 5.69 Å². The van der Waals surface area contributed by atoms with Gasteiger partial charge in [0, 0.05) is 10.0 Å². The van der Waals surface area contributed by atoms with Crippen LogP contribution in [0.1, 0.15) is 21.6 Å². The molecule has 2 aromatic carbocycles. The molecule has 3 rings (SSSR count). The third kappa shape index (κ3) is 2.54. The molecular weight excluding hydrogens is 328 g/mol. The van der Waals surface area contributed by atoms with Crippen molar-refractivity contribution in [1.29, 1.82) is 0 Å². The predicted molar refractivity (Wildman–Crippen MR) is 85.9 cm³/mol. The largest absolute Gasteiger partial charge is 0.287 e. The van der Waals surface area contributed by atoms with Gasteiger partial charge >= 0.3 is 0 Å². The smallest absolute Gasteiger partial charge is 0.212 e. The third-order valence-corrected chi connectivity index (χ3v) is 4.37. The molecule has 1 aromatic heterocycles. The van der Waals surface area contributed by atoms with E-state index in [1.54, 1.807) is 16.9 Å². The fraction of sp³-hybridized carbons (Fsp3) is 0.0588. The molecule has 0 radical (unpaired) electrons. The highest BCUT2D eigenvalue weighted by Gasteiger charge is 2.18. The van der Waals surface area contributed by atoms with Crippen LogP contribution in [0.5, 0.6) is 0 Å².